The maximum Gasteiger partial charge on any atom is 0.344 e. The molecule has 0 atom stereocenters. The summed E-state index contributed by atoms with van der Waals surface area (Å²) < 4.78 is 37.2. The topological polar surface area (TPSA) is 125 Å². The van der Waals surface area contributed by atoms with Crippen molar-refractivity contribution in [2.75, 3.05) is 17.9 Å². The first-order valence-electron chi connectivity index (χ1n) is 7.58. The molecular weight excluding hydrogens is 400 g/mol. The van der Waals surface area contributed by atoms with Gasteiger partial charge in [-0.1, -0.05) is 17.7 Å². The van der Waals surface area contributed by atoms with Crippen LogP contribution in [0.1, 0.15) is 6.92 Å². The molecule has 11 heteroatoms. The number of anilines is 1. The maximum absolute atomic E-state index is 12.5. The first kappa shape index (κ1) is 20.5. The molecule has 0 aliphatic carbocycles. The molecule has 0 unspecified atom stereocenters. The van der Waals surface area contributed by atoms with Crippen LogP contribution < -0.4 is 9.46 Å². The molecule has 0 bridgehead atoms. The quantitative estimate of drug-likeness (QED) is 0.399. The fourth-order valence-corrected chi connectivity index (χ4v) is 3.26. The van der Waals surface area contributed by atoms with Gasteiger partial charge in [-0.15, -0.1) is 0 Å². The molecule has 144 valence electrons. The molecule has 27 heavy (non-hydrogen) atoms. The van der Waals surface area contributed by atoms with Crippen molar-refractivity contribution < 1.29 is 27.6 Å². The third-order valence-electron chi connectivity index (χ3n) is 3.17. The standard InChI is InChI=1S/C16H15ClN2O7S/c1-2-25-16(20)10-26-12-5-3-4-11(8-12)18-27(23,24)13-6-7-14(17)15(9-13)19(21)22/h3-9,18H,2,10H2,1H3. The van der Waals surface area contributed by atoms with Crippen LogP contribution in [-0.4, -0.2) is 32.5 Å². The summed E-state index contributed by atoms with van der Waals surface area (Å²) in [7, 11) is -4.10. The van der Waals surface area contributed by atoms with E-state index in [0.717, 1.165) is 18.2 Å². The van der Waals surface area contributed by atoms with Gasteiger partial charge < -0.3 is 9.47 Å². The number of halogens is 1. The van der Waals surface area contributed by atoms with E-state index in [4.69, 9.17) is 21.1 Å². The Morgan fingerprint density at radius 1 is 1.26 bits per heavy atom. The van der Waals surface area contributed by atoms with Crippen LogP contribution in [0.2, 0.25) is 5.02 Å². The van der Waals surface area contributed by atoms with Crippen LogP contribution in [0, 0.1) is 10.1 Å². The second-order valence-electron chi connectivity index (χ2n) is 5.10. The molecule has 0 heterocycles. The number of carbonyl (C=O) groups is 1. The van der Waals surface area contributed by atoms with Crippen molar-refractivity contribution in [1.82, 2.24) is 0 Å². The van der Waals surface area contributed by atoms with Crippen molar-refractivity contribution in [3.05, 3.63) is 57.6 Å². The van der Waals surface area contributed by atoms with Crippen LogP contribution in [0.15, 0.2) is 47.4 Å². The largest absolute Gasteiger partial charge is 0.482 e. The summed E-state index contributed by atoms with van der Waals surface area (Å²) in [5.41, 5.74) is -0.375. The Bertz CT molecular complexity index is 963. The SMILES string of the molecule is CCOC(=O)COc1cccc(NS(=O)(=O)c2ccc(Cl)c([N+](=O)[O-])c2)c1. The number of nitro groups is 1. The van der Waals surface area contributed by atoms with Gasteiger partial charge in [0.05, 0.1) is 22.1 Å². The van der Waals surface area contributed by atoms with Crippen molar-refractivity contribution >= 4 is 39.0 Å². The van der Waals surface area contributed by atoms with Gasteiger partial charge in [0.2, 0.25) is 0 Å². The lowest BCUT2D eigenvalue weighted by Crippen LogP contribution is -2.15. The van der Waals surface area contributed by atoms with Gasteiger partial charge in [0.25, 0.3) is 15.7 Å². The average molecular weight is 415 g/mol. The maximum atomic E-state index is 12.5. The van der Waals surface area contributed by atoms with Crippen molar-refractivity contribution in [3.63, 3.8) is 0 Å². The monoisotopic (exact) mass is 414 g/mol. The second-order valence-corrected chi connectivity index (χ2v) is 7.19. The summed E-state index contributed by atoms with van der Waals surface area (Å²) in [5, 5.41) is 10.8. The lowest BCUT2D eigenvalue weighted by Gasteiger charge is -2.10. The Balaban J connectivity index is 2.18. The second kappa shape index (κ2) is 8.69. The summed E-state index contributed by atoms with van der Waals surface area (Å²) in [6.07, 6.45) is 0. The summed E-state index contributed by atoms with van der Waals surface area (Å²) in [6, 6.07) is 9.02. The van der Waals surface area contributed by atoms with E-state index < -0.39 is 26.6 Å². The number of nitrogens with zero attached hydrogens (tertiary/aromatic N) is 1. The highest BCUT2D eigenvalue weighted by atomic mass is 35.5. The van der Waals surface area contributed by atoms with Gasteiger partial charge in [-0.05, 0) is 31.2 Å². The molecule has 2 rings (SSSR count). The lowest BCUT2D eigenvalue weighted by molar-refractivity contribution is -0.384. The predicted octanol–water partition coefficient (Wildman–Crippen LogP) is 2.99. The van der Waals surface area contributed by atoms with Crippen LogP contribution in [0.25, 0.3) is 0 Å². The Hall–Kier alpha value is -2.85. The van der Waals surface area contributed by atoms with Gasteiger partial charge in [0, 0.05) is 12.1 Å². The molecule has 0 radical (unpaired) electrons. The molecule has 2 aromatic carbocycles. The number of hydrogen-bond acceptors (Lipinski definition) is 7. The van der Waals surface area contributed by atoms with E-state index in [1.807, 2.05) is 0 Å². The Morgan fingerprint density at radius 3 is 2.67 bits per heavy atom. The predicted molar refractivity (Wildman–Crippen MR) is 97.5 cm³/mol. The van der Waals surface area contributed by atoms with Gasteiger partial charge in [0.1, 0.15) is 10.8 Å². The third-order valence-corrected chi connectivity index (χ3v) is 4.87. The summed E-state index contributed by atoms with van der Waals surface area (Å²) in [6.45, 7) is 1.55. The van der Waals surface area contributed by atoms with Crippen LogP contribution >= 0.6 is 11.6 Å². The number of ether oxygens (including phenoxy) is 2. The summed E-state index contributed by atoms with van der Waals surface area (Å²) in [5.74, 6) is -0.317. The molecule has 9 nitrogen and oxygen atoms in total. The van der Waals surface area contributed by atoms with E-state index in [2.05, 4.69) is 4.72 Å². The molecular formula is C16H15ClN2O7S. The first-order valence-corrected chi connectivity index (χ1v) is 9.44. The van der Waals surface area contributed by atoms with Crippen LogP contribution in [0.5, 0.6) is 5.75 Å². The Labute approximate surface area is 160 Å². The van der Waals surface area contributed by atoms with Crippen molar-refractivity contribution in [2.24, 2.45) is 0 Å². The molecule has 0 aliphatic heterocycles. The highest BCUT2D eigenvalue weighted by Crippen LogP contribution is 2.28. The molecule has 0 fully saturated rings. The van der Waals surface area contributed by atoms with E-state index in [1.165, 1.54) is 24.3 Å². The lowest BCUT2D eigenvalue weighted by atomic mass is 10.3. The number of nitro benzene ring substituents is 1. The zero-order chi connectivity index (χ0) is 20.0. The number of nitrogens with one attached hydrogen (secondary N) is 1. The van der Waals surface area contributed by atoms with E-state index in [1.54, 1.807) is 6.92 Å². The van der Waals surface area contributed by atoms with Crippen LogP contribution in [-0.2, 0) is 19.6 Å². The van der Waals surface area contributed by atoms with Crippen LogP contribution in [0.4, 0.5) is 11.4 Å². The van der Waals surface area contributed by atoms with E-state index in [9.17, 15) is 23.3 Å². The minimum Gasteiger partial charge on any atom is -0.482 e. The number of rotatable bonds is 8. The van der Waals surface area contributed by atoms with E-state index in [0.29, 0.717) is 0 Å². The molecule has 0 saturated heterocycles. The average Bonchev–Trinajstić information content (AvgIpc) is 2.60. The molecule has 2 aromatic rings. The van der Waals surface area contributed by atoms with Gasteiger partial charge in [-0.25, -0.2) is 13.2 Å². The summed E-state index contributed by atoms with van der Waals surface area (Å²) >= 11 is 5.69. The molecule has 0 aliphatic rings. The highest BCUT2D eigenvalue weighted by Gasteiger charge is 2.21. The van der Waals surface area contributed by atoms with E-state index in [-0.39, 0.29) is 34.6 Å². The normalized spacial score (nSPS) is 10.9. The fraction of sp³-hybridized carbons (Fsp3) is 0.188. The minimum absolute atomic E-state index is 0.147. The Morgan fingerprint density at radius 2 is 2.00 bits per heavy atom. The van der Waals surface area contributed by atoms with Crippen molar-refractivity contribution in [3.8, 4) is 5.75 Å². The minimum atomic E-state index is -4.10. The highest BCUT2D eigenvalue weighted by molar-refractivity contribution is 7.92. The van der Waals surface area contributed by atoms with E-state index >= 15 is 0 Å². The zero-order valence-corrected chi connectivity index (χ0v) is 15.6. The van der Waals surface area contributed by atoms with Gasteiger partial charge in [-0.3, -0.25) is 14.8 Å². The number of hydrogen-bond donors (Lipinski definition) is 1. The summed E-state index contributed by atoms with van der Waals surface area (Å²) in [4.78, 5) is 21.1. The molecule has 0 aromatic heterocycles. The first-order chi connectivity index (χ1) is 12.7. The Kier molecular flexibility index (Phi) is 6.59. The number of sulfonamides is 1. The number of carbonyl (C=O) groups excluding carboxylic acids is 1. The number of esters is 1. The van der Waals surface area contributed by atoms with Crippen molar-refractivity contribution in [2.45, 2.75) is 11.8 Å². The van der Waals surface area contributed by atoms with Gasteiger partial charge in [0.15, 0.2) is 6.61 Å². The molecule has 0 saturated carbocycles. The van der Waals surface area contributed by atoms with Crippen LogP contribution in [0.3, 0.4) is 0 Å². The number of benzene rings is 2. The molecule has 0 amide bonds. The zero-order valence-electron chi connectivity index (χ0n) is 14.0. The smallest absolute Gasteiger partial charge is 0.344 e. The van der Waals surface area contributed by atoms with Gasteiger partial charge in [-0.2, -0.15) is 0 Å². The van der Waals surface area contributed by atoms with Crippen molar-refractivity contribution in [1.29, 1.82) is 0 Å². The third kappa shape index (κ3) is 5.56. The fourth-order valence-electron chi connectivity index (χ4n) is 2.01. The van der Waals surface area contributed by atoms with Gasteiger partial charge >= 0.3 is 5.97 Å². The molecule has 0 spiro atoms. The molecule has 1 N–H and O–H groups in total.